The van der Waals surface area contributed by atoms with E-state index in [1.54, 1.807) is 12.1 Å². The van der Waals surface area contributed by atoms with Gasteiger partial charge in [0.05, 0.1) is 11.5 Å². The molecule has 0 unspecified atom stereocenters. The number of piperazine rings is 1. The van der Waals surface area contributed by atoms with Gasteiger partial charge in [0.2, 0.25) is 5.13 Å². The van der Waals surface area contributed by atoms with Crippen molar-refractivity contribution in [3.05, 3.63) is 65.7 Å². The van der Waals surface area contributed by atoms with Gasteiger partial charge in [-0.1, -0.05) is 18.2 Å². The highest BCUT2D eigenvalue weighted by Gasteiger charge is 2.34. The molecule has 0 spiro atoms. The molecule has 0 saturated carbocycles. The van der Waals surface area contributed by atoms with Gasteiger partial charge in [0, 0.05) is 61.3 Å². The number of anilines is 1. The number of halogens is 1. The fraction of sp³-hybridized carbons (Fsp3) is 0.333. The van der Waals surface area contributed by atoms with Crippen LogP contribution in [0.2, 0.25) is 0 Å². The minimum atomic E-state index is -3.80. The van der Waals surface area contributed by atoms with Crippen LogP contribution in [0.25, 0.3) is 0 Å². The molecule has 0 bridgehead atoms. The number of sulfonamides is 1. The van der Waals surface area contributed by atoms with Gasteiger partial charge in [-0.2, -0.15) is 4.37 Å². The van der Waals surface area contributed by atoms with Crippen molar-refractivity contribution in [1.82, 2.24) is 19.6 Å². The molecule has 3 heterocycles. The van der Waals surface area contributed by atoms with Crippen LogP contribution < -0.4 is 14.8 Å². The summed E-state index contributed by atoms with van der Waals surface area (Å²) < 4.78 is 51.1. The largest absolute Gasteiger partial charge is 0.493 e. The standard InChI is InChI=1S/C21H22FN5O3S2/c22-15-3-1-14(2-4-15)19-12-23-8-9-27(19)18-7-10-30-20-11-16(5-6-17(18)20)32(28,29)26-21-24-13-25-31-21/h1-6,11,13,18-19,23H,7-10,12H2,(H,24,25,26)/t18-,19-/m0/s1. The lowest BCUT2D eigenvalue weighted by Crippen LogP contribution is -2.48. The third-order valence-electron chi connectivity index (χ3n) is 5.83. The molecule has 8 nitrogen and oxygen atoms in total. The Bertz CT molecular complexity index is 1190. The molecule has 2 aliphatic rings. The number of fused-ring (bicyclic) bond motifs is 1. The maximum Gasteiger partial charge on any atom is 0.263 e. The predicted molar refractivity (Wildman–Crippen MR) is 119 cm³/mol. The molecule has 0 aliphatic carbocycles. The smallest absolute Gasteiger partial charge is 0.263 e. The quantitative estimate of drug-likeness (QED) is 0.586. The number of rotatable bonds is 5. The fourth-order valence-corrected chi connectivity index (χ4v) is 6.02. The van der Waals surface area contributed by atoms with Crippen LogP contribution in [0, 0.1) is 5.82 Å². The molecule has 2 aliphatic heterocycles. The second-order valence-electron chi connectivity index (χ2n) is 7.71. The predicted octanol–water partition coefficient (Wildman–Crippen LogP) is 2.95. The molecule has 168 valence electrons. The van der Waals surface area contributed by atoms with Crippen LogP contribution in [0.4, 0.5) is 9.52 Å². The number of nitrogens with one attached hydrogen (secondary N) is 2. The van der Waals surface area contributed by atoms with Crippen LogP contribution in [0.5, 0.6) is 5.75 Å². The van der Waals surface area contributed by atoms with Crippen molar-refractivity contribution in [2.45, 2.75) is 23.4 Å². The van der Waals surface area contributed by atoms with Gasteiger partial charge >= 0.3 is 0 Å². The van der Waals surface area contributed by atoms with Crippen LogP contribution in [-0.4, -0.2) is 48.9 Å². The molecule has 0 amide bonds. The van der Waals surface area contributed by atoms with Crippen molar-refractivity contribution in [2.75, 3.05) is 31.0 Å². The normalized spacial score (nSPS) is 21.5. The van der Waals surface area contributed by atoms with E-state index in [4.69, 9.17) is 4.74 Å². The van der Waals surface area contributed by atoms with Crippen LogP contribution in [-0.2, 0) is 10.0 Å². The molecule has 3 aromatic rings. The fourth-order valence-electron chi connectivity index (χ4n) is 4.34. The van der Waals surface area contributed by atoms with Crippen LogP contribution in [0.3, 0.4) is 0 Å². The zero-order chi connectivity index (χ0) is 22.1. The number of benzene rings is 2. The summed E-state index contributed by atoms with van der Waals surface area (Å²) in [5, 5.41) is 3.64. The lowest BCUT2D eigenvalue weighted by Gasteiger charge is -2.43. The Morgan fingerprint density at radius 3 is 2.81 bits per heavy atom. The Kier molecular flexibility index (Phi) is 5.80. The van der Waals surface area contributed by atoms with Crippen LogP contribution in [0.15, 0.2) is 53.7 Å². The molecule has 0 radical (unpaired) electrons. The maximum atomic E-state index is 13.4. The molecular weight excluding hydrogens is 453 g/mol. The summed E-state index contributed by atoms with van der Waals surface area (Å²) in [6.07, 6.45) is 2.09. The van der Waals surface area contributed by atoms with Gasteiger partial charge in [-0.25, -0.2) is 17.8 Å². The monoisotopic (exact) mass is 475 g/mol. The van der Waals surface area contributed by atoms with E-state index in [0.29, 0.717) is 12.4 Å². The molecular formula is C21H22FN5O3S2. The van der Waals surface area contributed by atoms with Crippen molar-refractivity contribution in [1.29, 1.82) is 0 Å². The molecule has 2 N–H and O–H groups in total. The van der Waals surface area contributed by atoms with Crippen molar-refractivity contribution in [2.24, 2.45) is 0 Å². The van der Waals surface area contributed by atoms with Crippen molar-refractivity contribution in [3.8, 4) is 5.75 Å². The first kappa shape index (κ1) is 21.3. The highest BCUT2D eigenvalue weighted by molar-refractivity contribution is 7.93. The van der Waals surface area contributed by atoms with Gasteiger partial charge in [-0.15, -0.1) is 0 Å². The number of hydrogen-bond acceptors (Lipinski definition) is 8. The second kappa shape index (κ2) is 8.74. The first-order valence-corrected chi connectivity index (χ1v) is 12.5. The highest BCUT2D eigenvalue weighted by Crippen LogP contribution is 2.41. The van der Waals surface area contributed by atoms with Crippen molar-refractivity contribution < 1.29 is 17.5 Å². The van der Waals surface area contributed by atoms with E-state index in [1.807, 2.05) is 18.2 Å². The van der Waals surface area contributed by atoms with Gasteiger partial charge in [-0.3, -0.25) is 9.62 Å². The average molecular weight is 476 g/mol. The van der Waals surface area contributed by atoms with Gasteiger partial charge in [-0.05, 0) is 23.8 Å². The van der Waals surface area contributed by atoms with Crippen LogP contribution >= 0.6 is 11.5 Å². The van der Waals surface area contributed by atoms with E-state index in [0.717, 1.165) is 48.7 Å². The number of aromatic nitrogens is 2. The summed E-state index contributed by atoms with van der Waals surface area (Å²) in [7, 11) is -3.80. The number of hydrogen-bond donors (Lipinski definition) is 2. The summed E-state index contributed by atoms with van der Waals surface area (Å²) in [4.78, 5) is 6.39. The lowest BCUT2D eigenvalue weighted by atomic mass is 9.94. The molecule has 1 aromatic heterocycles. The molecule has 2 atom stereocenters. The molecule has 1 saturated heterocycles. The first-order chi connectivity index (χ1) is 15.5. The van der Waals surface area contributed by atoms with Crippen molar-refractivity contribution >= 4 is 26.7 Å². The second-order valence-corrected chi connectivity index (χ2v) is 10.2. The maximum absolute atomic E-state index is 13.4. The minimum absolute atomic E-state index is 0.0729. The zero-order valence-electron chi connectivity index (χ0n) is 17.1. The first-order valence-electron chi connectivity index (χ1n) is 10.3. The Morgan fingerprint density at radius 1 is 1.19 bits per heavy atom. The summed E-state index contributed by atoms with van der Waals surface area (Å²) in [6, 6.07) is 11.8. The van der Waals surface area contributed by atoms with E-state index in [2.05, 4.69) is 24.3 Å². The van der Waals surface area contributed by atoms with Crippen molar-refractivity contribution in [3.63, 3.8) is 0 Å². The Hall–Kier alpha value is -2.60. The van der Waals surface area contributed by atoms with E-state index >= 15 is 0 Å². The molecule has 1 fully saturated rings. The minimum Gasteiger partial charge on any atom is -0.493 e. The number of ether oxygens (including phenoxy) is 1. The topological polar surface area (TPSA) is 96.5 Å². The average Bonchev–Trinajstić information content (AvgIpc) is 3.31. The summed E-state index contributed by atoms with van der Waals surface area (Å²) >= 11 is 0.973. The summed E-state index contributed by atoms with van der Waals surface area (Å²) in [6.45, 7) is 2.93. The van der Waals surface area contributed by atoms with E-state index in [1.165, 1.54) is 18.5 Å². The van der Waals surface area contributed by atoms with Gasteiger partial charge < -0.3 is 10.1 Å². The Labute approximate surface area is 189 Å². The zero-order valence-corrected chi connectivity index (χ0v) is 18.7. The van der Waals surface area contributed by atoms with Gasteiger partial charge in [0.25, 0.3) is 10.0 Å². The summed E-state index contributed by atoms with van der Waals surface area (Å²) in [5.74, 6) is 0.314. The molecule has 11 heteroatoms. The third-order valence-corrected chi connectivity index (χ3v) is 7.87. The lowest BCUT2D eigenvalue weighted by molar-refractivity contribution is 0.0758. The van der Waals surface area contributed by atoms with Crippen LogP contribution in [0.1, 0.15) is 29.6 Å². The molecule has 32 heavy (non-hydrogen) atoms. The van der Waals surface area contributed by atoms with Gasteiger partial charge in [0.15, 0.2) is 0 Å². The Balaban J connectivity index is 1.44. The van der Waals surface area contributed by atoms with E-state index < -0.39 is 10.0 Å². The molecule has 2 aromatic carbocycles. The molecule has 5 rings (SSSR count). The van der Waals surface area contributed by atoms with Gasteiger partial charge in [0.1, 0.15) is 17.9 Å². The third kappa shape index (κ3) is 4.20. The van der Waals surface area contributed by atoms with E-state index in [-0.39, 0.29) is 27.9 Å². The van der Waals surface area contributed by atoms with E-state index in [9.17, 15) is 12.8 Å². The SMILES string of the molecule is O=S(=O)(Nc1ncns1)c1ccc2c(c1)OCC[C@@H]2N1CCNC[C@H]1c1ccc(F)cc1. The summed E-state index contributed by atoms with van der Waals surface area (Å²) in [5.41, 5.74) is 2.01. The highest BCUT2D eigenvalue weighted by atomic mass is 32.2. The number of nitrogens with zero attached hydrogens (tertiary/aromatic N) is 3. The Morgan fingerprint density at radius 2 is 2.03 bits per heavy atom.